The van der Waals surface area contributed by atoms with E-state index >= 15 is 0 Å². The molecule has 0 amide bonds. The second kappa shape index (κ2) is 7.04. The zero-order chi connectivity index (χ0) is 15.2. The average Bonchev–Trinajstić information content (AvgIpc) is 2.54. The van der Waals surface area contributed by atoms with E-state index in [0.717, 1.165) is 4.90 Å². The molecule has 1 aliphatic rings. The Morgan fingerprint density at radius 2 is 2.10 bits per heavy atom. The van der Waals surface area contributed by atoms with Crippen molar-refractivity contribution in [1.29, 1.82) is 5.26 Å². The van der Waals surface area contributed by atoms with Gasteiger partial charge in [0, 0.05) is 11.3 Å². The molecular weight excluding hydrogens is 290 g/mol. The largest absolute Gasteiger partial charge is 0.469 e. The van der Waals surface area contributed by atoms with Crippen LogP contribution < -0.4 is 0 Å². The van der Waals surface area contributed by atoms with Crippen molar-refractivity contribution in [3.63, 3.8) is 0 Å². The Balaban J connectivity index is 2.23. The van der Waals surface area contributed by atoms with Crippen LogP contribution in [0.3, 0.4) is 0 Å². The third-order valence-corrected chi connectivity index (χ3v) is 4.13. The maximum Gasteiger partial charge on any atom is 0.314 e. The summed E-state index contributed by atoms with van der Waals surface area (Å²) in [4.78, 5) is 12.9. The predicted molar refractivity (Wildman–Crippen MR) is 76.9 cm³/mol. The number of thioether (sulfide) groups is 1. The first kappa shape index (κ1) is 15.3. The van der Waals surface area contributed by atoms with Gasteiger partial charge in [-0.15, -0.1) is 0 Å². The molecule has 0 aromatic heterocycles. The topological polar surface area (TPSA) is 68.6 Å². The molecular formula is C15H15NO4S. The number of rotatable bonds is 4. The van der Waals surface area contributed by atoms with E-state index in [4.69, 9.17) is 14.2 Å². The van der Waals surface area contributed by atoms with Crippen molar-refractivity contribution in [2.75, 3.05) is 14.2 Å². The summed E-state index contributed by atoms with van der Waals surface area (Å²) in [5, 5.41) is 9.20. The molecule has 2 atom stereocenters. The molecule has 0 spiro atoms. The number of carbonyl (C=O) groups is 1. The van der Waals surface area contributed by atoms with Crippen LogP contribution in [-0.2, 0) is 19.0 Å². The maximum absolute atomic E-state index is 11.9. The number of methoxy groups -OCH3 is 2. The molecule has 0 N–H and O–H groups in total. The molecule has 0 fully saturated rings. The van der Waals surface area contributed by atoms with Crippen molar-refractivity contribution in [3.05, 3.63) is 41.9 Å². The molecule has 1 heterocycles. The van der Waals surface area contributed by atoms with Crippen molar-refractivity contribution in [2.45, 2.75) is 16.8 Å². The van der Waals surface area contributed by atoms with Crippen LogP contribution in [0.4, 0.5) is 0 Å². The fourth-order valence-electron chi connectivity index (χ4n) is 2.04. The fraction of sp³-hybridized carbons (Fsp3) is 0.333. The Hall–Kier alpha value is -2.13. The Labute approximate surface area is 127 Å². The van der Waals surface area contributed by atoms with Gasteiger partial charge in [0.2, 0.25) is 0 Å². The Morgan fingerprint density at radius 3 is 2.67 bits per heavy atom. The number of ether oxygens (including phenoxy) is 3. The quantitative estimate of drug-likeness (QED) is 0.797. The van der Waals surface area contributed by atoms with Crippen molar-refractivity contribution in [3.8, 4) is 6.07 Å². The third kappa shape index (κ3) is 3.50. The van der Waals surface area contributed by atoms with Gasteiger partial charge in [-0.25, -0.2) is 0 Å². The standard InChI is InChI=1S/C15H15NO4S/c1-18-14(17)11-8-13(20-15(19-2)12(11)9-16)21-10-6-4-3-5-7-10/h3-7,11,13H,8H2,1-2H3. The lowest BCUT2D eigenvalue weighted by atomic mass is 9.96. The monoisotopic (exact) mass is 305 g/mol. The normalized spacial score (nSPS) is 21.2. The van der Waals surface area contributed by atoms with E-state index in [1.807, 2.05) is 36.4 Å². The van der Waals surface area contributed by atoms with Crippen molar-refractivity contribution in [1.82, 2.24) is 0 Å². The SMILES string of the molecule is COC(=O)C1CC(Sc2ccccc2)OC(OC)=C1C#N. The van der Waals surface area contributed by atoms with E-state index in [9.17, 15) is 10.1 Å². The summed E-state index contributed by atoms with van der Waals surface area (Å²) in [6.07, 6.45) is 0.363. The highest BCUT2D eigenvalue weighted by Crippen LogP contribution is 2.37. The smallest absolute Gasteiger partial charge is 0.314 e. The summed E-state index contributed by atoms with van der Waals surface area (Å²) < 4.78 is 15.5. The van der Waals surface area contributed by atoms with Crippen LogP contribution in [0.2, 0.25) is 0 Å². The number of hydrogen-bond donors (Lipinski definition) is 0. The first-order chi connectivity index (χ1) is 10.2. The summed E-state index contributed by atoms with van der Waals surface area (Å²) in [7, 11) is 2.72. The van der Waals surface area contributed by atoms with Gasteiger partial charge in [0.05, 0.1) is 14.2 Å². The Bertz CT molecular complexity index is 579. The molecule has 0 saturated carbocycles. The molecule has 2 unspecified atom stereocenters. The van der Waals surface area contributed by atoms with Gasteiger partial charge in [-0.1, -0.05) is 30.0 Å². The number of carbonyl (C=O) groups excluding carboxylic acids is 1. The zero-order valence-corrected chi connectivity index (χ0v) is 12.6. The van der Waals surface area contributed by atoms with Gasteiger partial charge in [-0.05, 0) is 12.1 Å². The highest BCUT2D eigenvalue weighted by atomic mass is 32.2. The van der Waals surface area contributed by atoms with Gasteiger partial charge >= 0.3 is 5.97 Å². The summed E-state index contributed by atoms with van der Waals surface area (Å²) in [6.45, 7) is 0. The first-order valence-electron chi connectivity index (χ1n) is 6.34. The van der Waals surface area contributed by atoms with Gasteiger partial charge in [0.15, 0.2) is 5.44 Å². The van der Waals surface area contributed by atoms with Gasteiger partial charge in [-0.2, -0.15) is 5.26 Å². The molecule has 110 valence electrons. The van der Waals surface area contributed by atoms with Crippen molar-refractivity contribution >= 4 is 17.7 Å². The van der Waals surface area contributed by atoms with Crippen molar-refractivity contribution < 1.29 is 19.0 Å². The first-order valence-corrected chi connectivity index (χ1v) is 7.22. The molecule has 0 radical (unpaired) electrons. The third-order valence-electron chi connectivity index (χ3n) is 3.04. The molecule has 2 rings (SSSR count). The number of benzene rings is 1. The van der Waals surface area contributed by atoms with E-state index in [-0.39, 0.29) is 17.0 Å². The van der Waals surface area contributed by atoms with Crippen LogP contribution in [0.25, 0.3) is 0 Å². The second-order valence-corrected chi connectivity index (χ2v) is 5.54. The van der Waals surface area contributed by atoms with Crippen LogP contribution >= 0.6 is 11.8 Å². The minimum Gasteiger partial charge on any atom is -0.469 e. The predicted octanol–water partition coefficient (Wildman–Crippen LogP) is 2.70. The molecule has 0 saturated heterocycles. The molecule has 5 nitrogen and oxygen atoms in total. The van der Waals surface area contributed by atoms with Gasteiger partial charge in [0.25, 0.3) is 5.95 Å². The molecule has 1 aromatic carbocycles. The van der Waals surface area contributed by atoms with Gasteiger partial charge in [0.1, 0.15) is 17.6 Å². The number of nitriles is 1. The molecule has 6 heteroatoms. The van der Waals surface area contributed by atoms with Crippen LogP contribution in [0, 0.1) is 17.2 Å². The van der Waals surface area contributed by atoms with E-state index in [1.54, 1.807) is 0 Å². The lowest BCUT2D eigenvalue weighted by molar-refractivity contribution is -0.146. The van der Waals surface area contributed by atoms with Crippen LogP contribution in [-0.4, -0.2) is 25.6 Å². The molecule has 0 bridgehead atoms. The van der Waals surface area contributed by atoms with Crippen molar-refractivity contribution in [2.24, 2.45) is 5.92 Å². The number of hydrogen-bond acceptors (Lipinski definition) is 6. The maximum atomic E-state index is 11.9. The summed E-state index contributed by atoms with van der Waals surface area (Å²) in [5.74, 6) is -1.03. The highest BCUT2D eigenvalue weighted by molar-refractivity contribution is 7.99. The Kier molecular flexibility index (Phi) is 5.12. The minimum absolute atomic E-state index is 0.0904. The van der Waals surface area contributed by atoms with Crippen LogP contribution in [0.5, 0.6) is 0 Å². The zero-order valence-electron chi connectivity index (χ0n) is 11.7. The number of nitrogens with zero attached hydrogens (tertiary/aromatic N) is 1. The van der Waals surface area contributed by atoms with Gasteiger partial charge in [-0.3, -0.25) is 4.79 Å². The molecule has 1 aliphatic heterocycles. The summed E-state index contributed by atoms with van der Waals surface area (Å²) in [6, 6.07) is 11.7. The lowest BCUT2D eigenvalue weighted by Gasteiger charge is -2.28. The van der Waals surface area contributed by atoms with E-state index in [2.05, 4.69) is 0 Å². The van der Waals surface area contributed by atoms with Crippen LogP contribution in [0.15, 0.2) is 46.7 Å². The fourth-order valence-corrected chi connectivity index (χ4v) is 3.09. The van der Waals surface area contributed by atoms with E-state index in [1.165, 1.54) is 26.0 Å². The lowest BCUT2D eigenvalue weighted by Crippen LogP contribution is -2.30. The van der Waals surface area contributed by atoms with Crippen LogP contribution in [0.1, 0.15) is 6.42 Å². The molecule has 0 aliphatic carbocycles. The van der Waals surface area contributed by atoms with E-state index < -0.39 is 11.9 Å². The Morgan fingerprint density at radius 1 is 1.38 bits per heavy atom. The highest BCUT2D eigenvalue weighted by Gasteiger charge is 2.37. The second-order valence-electron chi connectivity index (χ2n) is 4.31. The molecule has 21 heavy (non-hydrogen) atoms. The average molecular weight is 305 g/mol. The molecule has 1 aromatic rings. The minimum atomic E-state index is -0.662. The van der Waals surface area contributed by atoms with E-state index in [0.29, 0.717) is 6.42 Å². The summed E-state index contributed by atoms with van der Waals surface area (Å²) in [5.41, 5.74) is -0.141. The summed E-state index contributed by atoms with van der Waals surface area (Å²) >= 11 is 1.47. The van der Waals surface area contributed by atoms with Gasteiger partial charge < -0.3 is 14.2 Å². The number of esters is 1.